The molecule has 0 spiro atoms. The van der Waals surface area contributed by atoms with Crippen molar-refractivity contribution < 1.29 is 19.2 Å². The number of nitro groups is 1. The van der Waals surface area contributed by atoms with Crippen LogP contribution in [0.25, 0.3) is 0 Å². The third-order valence-corrected chi connectivity index (χ3v) is 4.27. The summed E-state index contributed by atoms with van der Waals surface area (Å²) in [7, 11) is 0. The van der Waals surface area contributed by atoms with Crippen molar-refractivity contribution in [2.24, 2.45) is 0 Å². The predicted octanol–water partition coefficient (Wildman–Crippen LogP) is 2.23. The van der Waals surface area contributed by atoms with Gasteiger partial charge < -0.3 is 9.64 Å². The number of nitro benzene ring substituents is 1. The number of amides is 1. The molecule has 1 aromatic rings. The molecule has 1 heterocycles. The normalized spacial score (nSPS) is 13.0. The maximum atomic E-state index is 11.8. The van der Waals surface area contributed by atoms with E-state index in [-0.39, 0.29) is 24.6 Å². The van der Waals surface area contributed by atoms with Crippen molar-refractivity contribution in [2.75, 3.05) is 18.1 Å². The summed E-state index contributed by atoms with van der Waals surface area (Å²) in [5.41, 5.74) is 2.95. The van der Waals surface area contributed by atoms with Crippen molar-refractivity contribution in [3.63, 3.8) is 0 Å². The molecule has 0 aliphatic carbocycles. The van der Waals surface area contributed by atoms with Crippen molar-refractivity contribution in [1.29, 1.82) is 0 Å². The van der Waals surface area contributed by atoms with E-state index >= 15 is 0 Å². The molecule has 1 aromatic carbocycles. The fourth-order valence-electron chi connectivity index (χ4n) is 3.20. The molecule has 0 radical (unpaired) electrons. The first-order valence-electron chi connectivity index (χ1n) is 7.52. The molecule has 0 bridgehead atoms. The molecule has 0 atom stereocenters. The molecular formula is C16H20N2O5. The van der Waals surface area contributed by atoms with E-state index in [1.807, 2.05) is 6.92 Å². The van der Waals surface area contributed by atoms with E-state index in [9.17, 15) is 19.7 Å². The number of ether oxygens (including phenoxy) is 1. The number of nitrogens with zero attached hydrogens (tertiary/aromatic N) is 2. The quantitative estimate of drug-likeness (QED) is 0.482. The van der Waals surface area contributed by atoms with Gasteiger partial charge in [0.1, 0.15) is 5.69 Å². The zero-order chi connectivity index (χ0) is 17.3. The third-order valence-electron chi connectivity index (χ3n) is 4.27. The minimum absolute atomic E-state index is 0.000300. The van der Waals surface area contributed by atoms with Gasteiger partial charge in [-0.25, -0.2) is 0 Å². The molecule has 23 heavy (non-hydrogen) atoms. The number of benzene rings is 1. The van der Waals surface area contributed by atoms with E-state index in [0.29, 0.717) is 29.8 Å². The molecule has 0 fully saturated rings. The first kappa shape index (κ1) is 16.9. The largest absolute Gasteiger partial charge is 0.466 e. The summed E-state index contributed by atoms with van der Waals surface area (Å²) >= 11 is 0. The number of anilines is 1. The van der Waals surface area contributed by atoms with Crippen molar-refractivity contribution in [1.82, 2.24) is 0 Å². The van der Waals surface area contributed by atoms with Gasteiger partial charge in [0.25, 0.3) is 5.69 Å². The van der Waals surface area contributed by atoms with Gasteiger partial charge in [0.05, 0.1) is 18.0 Å². The van der Waals surface area contributed by atoms with Gasteiger partial charge >= 0.3 is 5.97 Å². The standard InChI is InChI=1S/C16H20N2O5/c1-5-23-14(20)8-13-9(2)12-6-7-17(11(4)19)16(12)15(10(13)3)18(21)22/h5-8H2,1-4H3. The van der Waals surface area contributed by atoms with E-state index in [2.05, 4.69) is 0 Å². The van der Waals surface area contributed by atoms with Gasteiger partial charge in [-0.2, -0.15) is 0 Å². The molecule has 0 aromatic heterocycles. The molecule has 0 N–H and O–H groups in total. The zero-order valence-electron chi connectivity index (χ0n) is 13.8. The SMILES string of the molecule is CCOC(=O)Cc1c(C)c2c(c([N+](=O)[O-])c1C)N(C(C)=O)CC2. The second kappa shape index (κ2) is 6.36. The maximum absolute atomic E-state index is 11.8. The van der Waals surface area contributed by atoms with Crippen LogP contribution in [0.15, 0.2) is 0 Å². The monoisotopic (exact) mass is 320 g/mol. The van der Waals surface area contributed by atoms with E-state index in [1.54, 1.807) is 13.8 Å². The smallest absolute Gasteiger partial charge is 0.310 e. The van der Waals surface area contributed by atoms with Crippen LogP contribution in [0.4, 0.5) is 11.4 Å². The molecule has 1 amide bonds. The molecule has 1 aliphatic rings. The van der Waals surface area contributed by atoms with Crippen LogP contribution in [0.2, 0.25) is 0 Å². The first-order chi connectivity index (χ1) is 10.8. The number of hydrogen-bond acceptors (Lipinski definition) is 5. The van der Waals surface area contributed by atoms with Gasteiger partial charge in [0.15, 0.2) is 0 Å². The Bertz CT molecular complexity index is 696. The highest BCUT2D eigenvalue weighted by Crippen LogP contribution is 2.43. The second-order valence-corrected chi connectivity index (χ2v) is 5.56. The Labute approximate surface area is 134 Å². The van der Waals surface area contributed by atoms with Gasteiger partial charge in [-0.3, -0.25) is 19.7 Å². The van der Waals surface area contributed by atoms with Gasteiger partial charge in [-0.05, 0) is 43.9 Å². The van der Waals surface area contributed by atoms with Crippen molar-refractivity contribution >= 4 is 23.3 Å². The van der Waals surface area contributed by atoms with Crippen molar-refractivity contribution in [2.45, 2.75) is 40.5 Å². The van der Waals surface area contributed by atoms with Gasteiger partial charge in [0.2, 0.25) is 5.91 Å². The lowest BCUT2D eigenvalue weighted by Crippen LogP contribution is -2.26. The average molecular weight is 320 g/mol. The highest BCUT2D eigenvalue weighted by molar-refractivity contribution is 5.98. The van der Waals surface area contributed by atoms with Crippen LogP contribution in [-0.4, -0.2) is 30.0 Å². The van der Waals surface area contributed by atoms with Gasteiger partial charge in [-0.15, -0.1) is 0 Å². The predicted molar refractivity (Wildman–Crippen MR) is 84.6 cm³/mol. The minimum atomic E-state index is -0.469. The Balaban J connectivity index is 2.65. The molecule has 2 rings (SSSR count). The van der Waals surface area contributed by atoms with E-state index < -0.39 is 10.9 Å². The highest BCUT2D eigenvalue weighted by Gasteiger charge is 2.36. The number of hydrogen-bond donors (Lipinski definition) is 0. The average Bonchev–Trinajstić information content (AvgIpc) is 2.88. The number of rotatable bonds is 4. The van der Waals surface area contributed by atoms with Crippen molar-refractivity contribution in [3.05, 3.63) is 32.4 Å². The first-order valence-corrected chi connectivity index (χ1v) is 7.52. The highest BCUT2D eigenvalue weighted by atomic mass is 16.6. The summed E-state index contributed by atoms with van der Waals surface area (Å²) < 4.78 is 4.96. The molecule has 7 heteroatoms. The fraction of sp³-hybridized carbons (Fsp3) is 0.500. The van der Waals surface area contributed by atoms with E-state index in [4.69, 9.17) is 4.74 Å². The molecule has 1 aliphatic heterocycles. The Morgan fingerprint density at radius 2 is 1.96 bits per heavy atom. The number of fused-ring (bicyclic) bond motifs is 1. The third kappa shape index (κ3) is 2.91. The van der Waals surface area contributed by atoms with Gasteiger partial charge in [0, 0.05) is 19.0 Å². The van der Waals surface area contributed by atoms with Crippen molar-refractivity contribution in [3.8, 4) is 0 Å². The fourth-order valence-corrected chi connectivity index (χ4v) is 3.20. The molecule has 7 nitrogen and oxygen atoms in total. The molecule has 0 unspecified atom stereocenters. The van der Waals surface area contributed by atoms with Gasteiger partial charge in [-0.1, -0.05) is 0 Å². The second-order valence-electron chi connectivity index (χ2n) is 5.56. The number of carbonyl (C=O) groups is 2. The van der Waals surface area contributed by atoms with Crippen LogP contribution >= 0.6 is 0 Å². The Morgan fingerprint density at radius 1 is 1.30 bits per heavy atom. The maximum Gasteiger partial charge on any atom is 0.310 e. The summed E-state index contributed by atoms with van der Waals surface area (Å²) in [6.07, 6.45) is 0.553. The summed E-state index contributed by atoms with van der Waals surface area (Å²) in [4.78, 5) is 36.2. The molecule has 0 saturated heterocycles. The molecule has 0 saturated carbocycles. The number of esters is 1. The molecule has 124 valence electrons. The minimum Gasteiger partial charge on any atom is -0.466 e. The van der Waals surface area contributed by atoms with Crippen LogP contribution in [0.1, 0.15) is 36.1 Å². The Hall–Kier alpha value is -2.44. The van der Waals surface area contributed by atoms with E-state index in [0.717, 1.165) is 11.1 Å². The van der Waals surface area contributed by atoms with Crippen LogP contribution < -0.4 is 4.90 Å². The lowest BCUT2D eigenvalue weighted by atomic mass is 9.92. The zero-order valence-corrected chi connectivity index (χ0v) is 13.8. The summed E-state index contributed by atoms with van der Waals surface area (Å²) in [5, 5.41) is 11.6. The van der Waals surface area contributed by atoms with Crippen LogP contribution in [0.3, 0.4) is 0 Å². The Kier molecular flexibility index (Phi) is 4.68. The Morgan fingerprint density at radius 3 is 2.48 bits per heavy atom. The summed E-state index contributed by atoms with van der Waals surface area (Å²) in [6.45, 7) is 7.27. The lowest BCUT2D eigenvalue weighted by Gasteiger charge is -2.19. The summed E-state index contributed by atoms with van der Waals surface area (Å²) in [6, 6.07) is 0. The van der Waals surface area contributed by atoms with Crippen LogP contribution in [0.5, 0.6) is 0 Å². The lowest BCUT2D eigenvalue weighted by molar-refractivity contribution is -0.384. The van der Waals surface area contributed by atoms with Crippen LogP contribution in [-0.2, 0) is 27.2 Å². The van der Waals surface area contributed by atoms with Crippen LogP contribution in [0, 0.1) is 24.0 Å². The summed E-state index contributed by atoms with van der Waals surface area (Å²) in [5.74, 6) is -0.627. The molecular weight excluding hydrogens is 300 g/mol. The topological polar surface area (TPSA) is 89.8 Å². The van der Waals surface area contributed by atoms with E-state index in [1.165, 1.54) is 11.8 Å². The number of carbonyl (C=O) groups excluding carboxylic acids is 2.